The predicted molar refractivity (Wildman–Crippen MR) is 77.1 cm³/mol. The maximum atomic E-state index is 12.6. The number of fused-ring (bicyclic) bond motifs is 1. The predicted octanol–water partition coefficient (Wildman–Crippen LogP) is 4.16. The Kier molecular flexibility index (Phi) is 3.64. The summed E-state index contributed by atoms with van der Waals surface area (Å²) in [5.41, 5.74) is -0.0520. The van der Waals surface area contributed by atoms with Crippen LogP contribution in [0.5, 0.6) is 0 Å². The van der Waals surface area contributed by atoms with Gasteiger partial charge in [0.15, 0.2) is 0 Å². The van der Waals surface area contributed by atoms with Crippen LogP contribution in [0.4, 0.5) is 13.2 Å². The van der Waals surface area contributed by atoms with Gasteiger partial charge in [0, 0.05) is 5.02 Å². The van der Waals surface area contributed by atoms with Crippen LogP contribution in [0.2, 0.25) is 5.02 Å². The van der Waals surface area contributed by atoms with E-state index in [2.05, 4.69) is 0 Å². The number of nitrogens with zero attached hydrogens (tertiary/aromatic N) is 1. The molecule has 118 valence electrons. The minimum absolute atomic E-state index is 0.142. The molecule has 0 spiro atoms. The second-order valence-electron chi connectivity index (χ2n) is 5.05. The van der Waals surface area contributed by atoms with Crippen LogP contribution in [-0.2, 0) is 12.7 Å². The lowest BCUT2D eigenvalue weighted by Crippen LogP contribution is -2.29. The van der Waals surface area contributed by atoms with Crippen LogP contribution in [-0.4, -0.2) is 16.7 Å². The average molecular weight is 340 g/mol. The van der Waals surface area contributed by atoms with Gasteiger partial charge in [-0.15, -0.1) is 0 Å². The minimum atomic E-state index is -4.50. The standard InChI is InChI=1S/C16H9ClF3NO2/c17-13-7-10(16(18,19)20)6-5-9(13)8-21-14(22)11-3-1-2-4-12(11)15(21)23/h1-7H,8H2. The van der Waals surface area contributed by atoms with Crippen LogP contribution in [0.1, 0.15) is 31.8 Å². The van der Waals surface area contributed by atoms with Crippen LogP contribution < -0.4 is 0 Å². The van der Waals surface area contributed by atoms with Crippen LogP contribution in [0, 0.1) is 0 Å². The summed E-state index contributed by atoms with van der Waals surface area (Å²) in [4.78, 5) is 25.4. The van der Waals surface area contributed by atoms with Gasteiger partial charge < -0.3 is 0 Å². The fraction of sp³-hybridized carbons (Fsp3) is 0.125. The fourth-order valence-corrected chi connectivity index (χ4v) is 2.65. The maximum absolute atomic E-state index is 12.6. The molecular weight excluding hydrogens is 331 g/mol. The van der Waals surface area contributed by atoms with E-state index in [1.54, 1.807) is 12.1 Å². The van der Waals surface area contributed by atoms with Gasteiger partial charge in [0.05, 0.1) is 23.2 Å². The Morgan fingerprint density at radius 2 is 1.52 bits per heavy atom. The highest BCUT2D eigenvalue weighted by molar-refractivity contribution is 6.31. The highest BCUT2D eigenvalue weighted by atomic mass is 35.5. The molecule has 0 fully saturated rings. The quantitative estimate of drug-likeness (QED) is 0.771. The van der Waals surface area contributed by atoms with Gasteiger partial charge in [-0.25, -0.2) is 0 Å². The van der Waals surface area contributed by atoms with Crippen molar-refractivity contribution in [1.82, 2.24) is 4.90 Å². The van der Waals surface area contributed by atoms with Gasteiger partial charge in [0.25, 0.3) is 11.8 Å². The van der Waals surface area contributed by atoms with Gasteiger partial charge in [-0.3, -0.25) is 14.5 Å². The third-order valence-corrected chi connectivity index (χ3v) is 3.94. The zero-order valence-corrected chi connectivity index (χ0v) is 12.3. The third kappa shape index (κ3) is 2.70. The number of hydrogen-bond donors (Lipinski definition) is 0. The topological polar surface area (TPSA) is 37.4 Å². The first kappa shape index (κ1) is 15.6. The molecule has 7 heteroatoms. The lowest BCUT2D eigenvalue weighted by Gasteiger charge is -2.16. The molecule has 0 N–H and O–H groups in total. The summed E-state index contributed by atoms with van der Waals surface area (Å²) in [7, 11) is 0. The molecule has 2 amide bonds. The SMILES string of the molecule is O=C1c2ccccc2C(=O)N1Cc1ccc(C(F)(F)F)cc1Cl. The average Bonchev–Trinajstić information content (AvgIpc) is 2.73. The number of benzene rings is 2. The molecule has 0 aliphatic carbocycles. The Balaban J connectivity index is 1.89. The zero-order chi connectivity index (χ0) is 16.8. The van der Waals surface area contributed by atoms with E-state index in [1.807, 2.05) is 0 Å². The molecule has 0 aromatic heterocycles. The normalized spacial score (nSPS) is 14.3. The molecule has 0 bridgehead atoms. The molecule has 3 nitrogen and oxygen atoms in total. The van der Waals surface area contributed by atoms with E-state index < -0.39 is 23.6 Å². The van der Waals surface area contributed by atoms with Crippen LogP contribution in [0.3, 0.4) is 0 Å². The van der Waals surface area contributed by atoms with Gasteiger partial charge in [-0.1, -0.05) is 29.8 Å². The number of imide groups is 1. The number of carbonyl (C=O) groups is 2. The summed E-state index contributed by atoms with van der Waals surface area (Å²) in [5, 5.41) is -0.142. The third-order valence-electron chi connectivity index (χ3n) is 3.59. The largest absolute Gasteiger partial charge is 0.416 e. The van der Waals surface area contributed by atoms with Gasteiger partial charge in [0.2, 0.25) is 0 Å². The minimum Gasteiger partial charge on any atom is -0.270 e. The zero-order valence-electron chi connectivity index (χ0n) is 11.5. The molecule has 0 atom stereocenters. The number of carbonyl (C=O) groups excluding carboxylic acids is 2. The molecule has 1 aliphatic rings. The molecule has 0 unspecified atom stereocenters. The number of alkyl halides is 3. The van der Waals surface area contributed by atoms with Gasteiger partial charge >= 0.3 is 6.18 Å². The Bertz CT molecular complexity index is 782. The first-order valence-electron chi connectivity index (χ1n) is 6.60. The van der Waals surface area contributed by atoms with Crippen LogP contribution in [0.15, 0.2) is 42.5 Å². The summed E-state index contributed by atoms with van der Waals surface area (Å²) in [6, 6.07) is 9.17. The molecule has 2 aromatic carbocycles. The summed E-state index contributed by atoms with van der Waals surface area (Å²) in [6.45, 7) is -0.177. The van der Waals surface area contributed by atoms with E-state index in [0.29, 0.717) is 0 Å². The van der Waals surface area contributed by atoms with Gasteiger partial charge in [0.1, 0.15) is 0 Å². The van der Waals surface area contributed by atoms with Crippen molar-refractivity contribution in [2.24, 2.45) is 0 Å². The lowest BCUT2D eigenvalue weighted by atomic mass is 10.1. The molecule has 0 radical (unpaired) electrons. The lowest BCUT2D eigenvalue weighted by molar-refractivity contribution is -0.137. The van der Waals surface area contributed by atoms with E-state index in [4.69, 9.17) is 11.6 Å². The second-order valence-corrected chi connectivity index (χ2v) is 5.45. The number of amides is 2. The van der Waals surface area contributed by atoms with Crippen molar-refractivity contribution >= 4 is 23.4 Å². The van der Waals surface area contributed by atoms with Gasteiger partial charge in [-0.2, -0.15) is 13.2 Å². The Labute approximate surface area is 134 Å². The number of rotatable bonds is 2. The molecule has 1 aliphatic heterocycles. The molecule has 0 saturated heterocycles. The fourth-order valence-electron chi connectivity index (χ4n) is 2.40. The van der Waals surface area contributed by atoms with Crippen molar-refractivity contribution in [3.05, 3.63) is 69.7 Å². The van der Waals surface area contributed by atoms with Crippen molar-refractivity contribution in [1.29, 1.82) is 0 Å². The van der Waals surface area contributed by atoms with Crippen molar-refractivity contribution in [3.8, 4) is 0 Å². The molecule has 2 aromatic rings. The highest BCUT2D eigenvalue weighted by Gasteiger charge is 2.36. The van der Waals surface area contributed by atoms with Crippen LogP contribution >= 0.6 is 11.6 Å². The Morgan fingerprint density at radius 1 is 0.957 bits per heavy atom. The monoisotopic (exact) mass is 339 g/mol. The van der Waals surface area contributed by atoms with Crippen molar-refractivity contribution in [2.45, 2.75) is 12.7 Å². The first-order valence-corrected chi connectivity index (χ1v) is 6.97. The number of halogens is 4. The molecule has 23 heavy (non-hydrogen) atoms. The maximum Gasteiger partial charge on any atom is 0.416 e. The highest BCUT2D eigenvalue weighted by Crippen LogP contribution is 2.33. The molecule has 0 saturated carbocycles. The van der Waals surface area contributed by atoms with Crippen molar-refractivity contribution in [3.63, 3.8) is 0 Å². The van der Waals surface area contributed by atoms with Gasteiger partial charge in [-0.05, 0) is 29.8 Å². The number of hydrogen-bond acceptors (Lipinski definition) is 2. The van der Waals surface area contributed by atoms with Crippen molar-refractivity contribution in [2.75, 3.05) is 0 Å². The molecule has 1 heterocycles. The smallest absolute Gasteiger partial charge is 0.270 e. The second kappa shape index (κ2) is 5.38. The summed E-state index contributed by atoms with van der Waals surface area (Å²) < 4.78 is 37.9. The van der Waals surface area contributed by atoms with Crippen LogP contribution in [0.25, 0.3) is 0 Å². The molecular formula is C16H9ClF3NO2. The Hall–Kier alpha value is -2.34. The Morgan fingerprint density at radius 3 is 2.00 bits per heavy atom. The van der Waals surface area contributed by atoms with E-state index in [0.717, 1.165) is 17.0 Å². The van der Waals surface area contributed by atoms with Crippen molar-refractivity contribution < 1.29 is 22.8 Å². The molecule has 3 rings (SSSR count). The summed E-state index contributed by atoms with van der Waals surface area (Å²) >= 11 is 5.87. The van der Waals surface area contributed by atoms with E-state index >= 15 is 0 Å². The van der Waals surface area contributed by atoms with E-state index in [1.165, 1.54) is 18.2 Å². The first-order chi connectivity index (χ1) is 10.8. The summed E-state index contributed by atoms with van der Waals surface area (Å²) in [5.74, 6) is -0.969. The van der Waals surface area contributed by atoms with E-state index in [9.17, 15) is 22.8 Å². The van der Waals surface area contributed by atoms with E-state index in [-0.39, 0.29) is 28.3 Å². The summed E-state index contributed by atoms with van der Waals surface area (Å²) in [6.07, 6.45) is -4.50.